The van der Waals surface area contributed by atoms with Crippen molar-refractivity contribution in [1.82, 2.24) is 19.4 Å². The van der Waals surface area contributed by atoms with E-state index in [0.717, 1.165) is 47.8 Å². The Bertz CT molecular complexity index is 960. The predicted octanol–water partition coefficient (Wildman–Crippen LogP) is 4.33. The van der Waals surface area contributed by atoms with Gasteiger partial charge >= 0.3 is 0 Å². The van der Waals surface area contributed by atoms with Crippen molar-refractivity contribution in [1.29, 1.82) is 0 Å². The normalized spacial score (nSPS) is 19.7. The van der Waals surface area contributed by atoms with Crippen LogP contribution < -0.4 is 0 Å². The summed E-state index contributed by atoms with van der Waals surface area (Å²) in [6.07, 6.45) is 6.53. The first-order valence-corrected chi connectivity index (χ1v) is 9.91. The van der Waals surface area contributed by atoms with E-state index >= 15 is 0 Å². The van der Waals surface area contributed by atoms with Gasteiger partial charge in [0.1, 0.15) is 5.52 Å². The molecule has 0 radical (unpaired) electrons. The number of hydrogen-bond acceptors (Lipinski definition) is 3. The SMILES string of the molecule is Cc1cnc2c(n1)c1c(n2CCc2ccc(Cl)cc2)CCN2CCCC12. The van der Waals surface area contributed by atoms with Gasteiger partial charge in [-0.05, 0) is 50.4 Å². The van der Waals surface area contributed by atoms with Crippen LogP contribution >= 0.6 is 11.6 Å². The van der Waals surface area contributed by atoms with Crippen LogP contribution in [-0.2, 0) is 19.4 Å². The van der Waals surface area contributed by atoms with Crippen molar-refractivity contribution in [2.24, 2.45) is 0 Å². The fraction of sp³-hybridized carbons (Fsp3) is 0.429. The minimum atomic E-state index is 0.536. The van der Waals surface area contributed by atoms with E-state index in [4.69, 9.17) is 21.6 Å². The molecule has 0 aliphatic carbocycles. The molecular weight excluding hydrogens is 344 g/mol. The van der Waals surface area contributed by atoms with Crippen LogP contribution in [0, 0.1) is 6.92 Å². The van der Waals surface area contributed by atoms with E-state index in [9.17, 15) is 0 Å². The number of halogens is 1. The van der Waals surface area contributed by atoms with Gasteiger partial charge in [-0.15, -0.1) is 0 Å². The maximum absolute atomic E-state index is 6.02. The van der Waals surface area contributed by atoms with E-state index < -0.39 is 0 Å². The zero-order valence-corrected chi connectivity index (χ0v) is 15.8. The smallest absolute Gasteiger partial charge is 0.159 e. The van der Waals surface area contributed by atoms with Crippen molar-refractivity contribution < 1.29 is 0 Å². The third-order valence-electron chi connectivity index (χ3n) is 5.89. The molecule has 5 heteroatoms. The molecule has 0 amide bonds. The van der Waals surface area contributed by atoms with Crippen LogP contribution in [0.25, 0.3) is 11.2 Å². The number of benzene rings is 1. The maximum Gasteiger partial charge on any atom is 0.159 e. The summed E-state index contributed by atoms with van der Waals surface area (Å²) in [6.45, 7) is 5.37. The van der Waals surface area contributed by atoms with Gasteiger partial charge in [-0.3, -0.25) is 4.90 Å². The Morgan fingerprint density at radius 3 is 2.88 bits per heavy atom. The van der Waals surface area contributed by atoms with Crippen LogP contribution in [0.2, 0.25) is 5.02 Å². The van der Waals surface area contributed by atoms with E-state index in [1.807, 2.05) is 25.3 Å². The fourth-order valence-electron chi connectivity index (χ4n) is 4.68. The van der Waals surface area contributed by atoms with Crippen molar-refractivity contribution in [3.63, 3.8) is 0 Å². The van der Waals surface area contributed by atoms with Crippen molar-refractivity contribution in [3.8, 4) is 0 Å². The van der Waals surface area contributed by atoms with E-state index in [1.165, 1.54) is 36.2 Å². The molecule has 2 aliphatic heterocycles. The molecule has 1 unspecified atom stereocenters. The fourth-order valence-corrected chi connectivity index (χ4v) is 4.81. The van der Waals surface area contributed by atoms with Gasteiger partial charge < -0.3 is 4.57 Å². The van der Waals surface area contributed by atoms with Gasteiger partial charge in [-0.1, -0.05) is 23.7 Å². The first-order chi connectivity index (χ1) is 12.7. The van der Waals surface area contributed by atoms with Crippen molar-refractivity contribution in [2.75, 3.05) is 13.1 Å². The number of aryl methyl sites for hydroxylation is 3. The maximum atomic E-state index is 6.02. The summed E-state index contributed by atoms with van der Waals surface area (Å²) in [4.78, 5) is 12.3. The molecule has 1 aromatic carbocycles. The molecule has 0 saturated carbocycles. The highest BCUT2D eigenvalue weighted by atomic mass is 35.5. The summed E-state index contributed by atoms with van der Waals surface area (Å²) >= 11 is 6.02. The summed E-state index contributed by atoms with van der Waals surface area (Å²) in [5, 5.41) is 0.792. The van der Waals surface area contributed by atoms with E-state index in [-0.39, 0.29) is 0 Å². The second-order valence-corrected chi connectivity index (χ2v) is 7.95. The quantitative estimate of drug-likeness (QED) is 0.691. The van der Waals surface area contributed by atoms with E-state index in [1.54, 1.807) is 0 Å². The lowest BCUT2D eigenvalue weighted by molar-refractivity contribution is 0.241. The molecule has 0 bridgehead atoms. The molecule has 0 N–H and O–H groups in total. The standard InChI is InChI=1S/C21H23ClN4/c1-14-13-23-21-20(24-14)19-17-3-2-10-25(17)11-9-18(19)26(21)12-8-15-4-6-16(22)7-5-15/h4-7,13,17H,2-3,8-12H2,1H3. The average molecular weight is 367 g/mol. The molecule has 134 valence electrons. The lowest BCUT2D eigenvalue weighted by Gasteiger charge is -2.30. The van der Waals surface area contributed by atoms with Gasteiger partial charge in [0, 0.05) is 41.8 Å². The number of fused-ring (bicyclic) bond motifs is 5. The summed E-state index contributed by atoms with van der Waals surface area (Å²) in [5.74, 6) is 0. The molecule has 0 spiro atoms. The van der Waals surface area contributed by atoms with E-state index in [0.29, 0.717) is 6.04 Å². The Hall–Kier alpha value is -1.91. The van der Waals surface area contributed by atoms with Crippen LogP contribution in [0.4, 0.5) is 0 Å². The molecule has 2 aliphatic rings. The molecule has 2 aromatic heterocycles. The summed E-state index contributed by atoms with van der Waals surface area (Å²) in [7, 11) is 0. The second kappa shape index (κ2) is 6.36. The Balaban J connectivity index is 1.57. The molecule has 5 rings (SSSR count). The van der Waals surface area contributed by atoms with Gasteiger partial charge in [0.05, 0.1) is 11.9 Å². The van der Waals surface area contributed by atoms with Crippen LogP contribution in [0.15, 0.2) is 30.5 Å². The molecular formula is C21H23ClN4. The highest BCUT2D eigenvalue weighted by Crippen LogP contribution is 2.42. The molecule has 1 saturated heterocycles. The minimum Gasteiger partial charge on any atom is -0.328 e. The predicted molar refractivity (Wildman–Crippen MR) is 105 cm³/mol. The van der Waals surface area contributed by atoms with Gasteiger partial charge in [-0.2, -0.15) is 0 Å². The lowest BCUT2D eigenvalue weighted by Crippen LogP contribution is -2.31. The Morgan fingerprint density at radius 1 is 1.19 bits per heavy atom. The second-order valence-electron chi connectivity index (χ2n) is 7.52. The monoisotopic (exact) mass is 366 g/mol. The molecule has 3 aromatic rings. The van der Waals surface area contributed by atoms with Gasteiger partial charge in [0.25, 0.3) is 0 Å². The first kappa shape index (κ1) is 16.3. The topological polar surface area (TPSA) is 34.0 Å². The largest absolute Gasteiger partial charge is 0.328 e. The van der Waals surface area contributed by atoms with Crippen molar-refractivity contribution in [2.45, 2.75) is 45.2 Å². The summed E-state index contributed by atoms with van der Waals surface area (Å²) < 4.78 is 2.43. The molecule has 1 atom stereocenters. The molecule has 1 fully saturated rings. The Labute approximate surface area is 158 Å². The van der Waals surface area contributed by atoms with Gasteiger partial charge in [0.15, 0.2) is 5.65 Å². The minimum absolute atomic E-state index is 0.536. The molecule has 26 heavy (non-hydrogen) atoms. The molecule has 4 heterocycles. The van der Waals surface area contributed by atoms with Gasteiger partial charge in [0.2, 0.25) is 0 Å². The first-order valence-electron chi connectivity index (χ1n) is 9.54. The number of nitrogens with zero attached hydrogens (tertiary/aromatic N) is 4. The Kier molecular flexibility index (Phi) is 3.98. The average Bonchev–Trinajstić information content (AvgIpc) is 3.23. The highest BCUT2D eigenvalue weighted by Gasteiger charge is 2.36. The zero-order chi connectivity index (χ0) is 17.7. The Morgan fingerprint density at radius 2 is 2.04 bits per heavy atom. The van der Waals surface area contributed by atoms with Crippen LogP contribution in [0.5, 0.6) is 0 Å². The number of rotatable bonds is 3. The number of hydrogen-bond donors (Lipinski definition) is 0. The van der Waals surface area contributed by atoms with E-state index in [2.05, 4.69) is 21.6 Å². The summed E-state index contributed by atoms with van der Waals surface area (Å²) in [6, 6.07) is 8.72. The summed E-state index contributed by atoms with van der Waals surface area (Å²) in [5.41, 5.74) is 7.42. The van der Waals surface area contributed by atoms with Crippen LogP contribution in [0.1, 0.15) is 41.4 Å². The third kappa shape index (κ3) is 2.63. The van der Waals surface area contributed by atoms with Crippen molar-refractivity contribution in [3.05, 3.63) is 58.0 Å². The molecule has 4 nitrogen and oxygen atoms in total. The van der Waals surface area contributed by atoms with Gasteiger partial charge in [-0.25, -0.2) is 9.97 Å². The van der Waals surface area contributed by atoms with Crippen LogP contribution in [0.3, 0.4) is 0 Å². The zero-order valence-electron chi connectivity index (χ0n) is 15.1. The van der Waals surface area contributed by atoms with Crippen molar-refractivity contribution >= 4 is 22.8 Å². The number of aromatic nitrogens is 3. The van der Waals surface area contributed by atoms with Crippen LogP contribution in [-0.4, -0.2) is 32.5 Å². The lowest BCUT2D eigenvalue weighted by atomic mass is 9.98. The third-order valence-corrected chi connectivity index (χ3v) is 6.14. The highest BCUT2D eigenvalue weighted by molar-refractivity contribution is 6.30.